The molecule has 0 fully saturated rings. The molecule has 0 saturated heterocycles. The Morgan fingerprint density at radius 3 is 2.88 bits per heavy atom. The van der Waals surface area contributed by atoms with Crippen LogP contribution in [0, 0.1) is 18.3 Å². The zero-order valence-electron chi connectivity index (χ0n) is 10.4. The summed E-state index contributed by atoms with van der Waals surface area (Å²) in [6.07, 6.45) is 6.17. The minimum absolute atomic E-state index is 0.284. The highest BCUT2D eigenvalue weighted by Crippen LogP contribution is 2.08. The van der Waals surface area contributed by atoms with Crippen LogP contribution in [0.2, 0.25) is 0 Å². The number of carbonyl (C=O) groups excluding carboxylic acids is 1. The molecular formula is C13H18N2O2. The fourth-order valence-electron chi connectivity index (χ4n) is 1.57. The molecule has 0 aromatic carbocycles. The minimum atomic E-state index is -0.284. The molecule has 4 heteroatoms. The van der Waals surface area contributed by atoms with Gasteiger partial charge in [-0.3, -0.25) is 0 Å². The van der Waals surface area contributed by atoms with E-state index in [1.54, 1.807) is 12.3 Å². The summed E-state index contributed by atoms with van der Waals surface area (Å²) in [4.78, 5) is 16.6. The van der Waals surface area contributed by atoms with Crippen LogP contribution in [0.1, 0.15) is 50.3 Å². The van der Waals surface area contributed by atoms with Gasteiger partial charge in [-0.2, -0.15) is 9.99 Å². The number of hydrogen-bond acceptors (Lipinski definition) is 3. The van der Waals surface area contributed by atoms with Crippen molar-refractivity contribution in [3.8, 4) is 6.07 Å². The predicted octanol–water partition coefficient (Wildman–Crippen LogP) is 2.59. The van der Waals surface area contributed by atoms with Gasteiger partial charge in [-0.05, 0) is 25.0 Å². The SMILES string of the molecule is CCCCCCC(=O)On1ccc(C)c1C#N. The second-order valence-corrected chi connectivity index (χ2v) is 4.06. The second-order valence-electron chi connectivity index (χ2n) is 4.06. The predicted molar refractivity (Wildman–Crippen MR) is 64.2 cm³/mol. The van der Waals surface area contributed by atoms with Gasteiger partial charge >= 0.3 is 5.97 Å². The molecule has 17 heavy (non-hydrogen) atoms. The van der Waals surface area contributed by atoms with Crippen molar-refractivity contribution >= 4 is 5.97 Å². The van der Waals surface area contributed by atoms with E-state index in [1.807, 2.05) is 13.0 Å². The number of aryl methyl sites for hydroxylation is 1. The van der Waals surface area contributed by atoms with Crippen LogP contribution in [-0.4, -0.2) is 10.7 Å². The Balaban J connectivity index is 2.43. The summed E-state index contributed by atoms with van der Waals surface area (Å²) >= 11 is 0. The van der Waals surface area contributed by atoms with Crippen LogP contribution in [0.15, 0.2) is 12.3 Å². The van der Waals surface area contributed by atoms with Crippen LogP contribution in [0.5, 0.6) is 0 Å². The molecule has 4 nitrogen and oxygen atoms in total. The Kier molecular flexibility index (Phi) is 5.28. The maximum absolute atomic E-state index is 11.5. The number of aromatic nitrogens is 1. The smallest absolute Gasteiger partial charge is 0.332 e. The van der Waals surface area contributed by atoms with E-state index in [-0.39, 0.29) is 5.97 Å². The van der Waals surface area contributed by atoms with Crippen LogP contribution in [0.3, 0.4) is 0 Å². The summed E-state index contributed by atoms with van der Waals surface area (Å²) in [6.45, 7) is 3.93. The van der Waals surface area contributed by atoms with Crippen LogP contribution in [0.25, 0.3) is 0 Å². The second kappa shape index (κ2) is 6.74. The average molecular weight is 234 g/mol. The molecule has 92 valence electrons. The van der Waals surface area contributed by atoms with E-state index < -0.39 is 0 Å². The van der Waals surface area contributed by atoms with Crippen molar-refractivity contribution < 1.29 is 9.63 Å². The Labute approximate surface area is 102 Å². The van der Waals surface area contributed by atoms with E-state index >= 15 is 0 Å². The van der Waals surface area contributed by atoms with E-state index in [2.05, 4.69) is 6.92 Å². The first-order chi connectivity index (χ1) is 8.19. The van der Waals surface area contributed by atoms with Crippen molar-refractivity contribution in [2.75, 3.05) is 0 Å². The van der Waals surface area contributed by atoms with E-state index in [4.69, 9.17) is 10.1 Å². The van der Waals surface area contributed by atoms with Crippen LogP contribution >= 0.6 is 0 Å². The highest BCUT2D eigenvalue weighted by atomic mass is 16.7. The lowest BCUT2D eigenvalue weighted by Crippen LogP contribution is -2.20. The topological polar surface area (TPSA) is 55.0 Å². The van der Waals surface area contributed by atoms with Gasteiger partial charge < -0.3 is 4.84 Å². The van der Waals surface area contributed by atoms with Crippen molar-refractivity contribution in [3.63, 3.8) is 0 Å². The quantitative estimate of drug-likeness (QED) is 0.711. The summed E-state index contributed by atoms with van der Waals surface area (Å²) in [5, 5.41) is 8.88. The first-order valence-electron chi connectivity index (χ1n) is 5.98. The molecule has 0 amide bonds. The molecule has 1 rings (SSSR count). The van der Waals surface area contributed by atoms with Crippen molar-refractivity contribution in [1.82, 2.24) is 4.73 Å². The van der Waals surface area contributed by atoms with E-state index in [9.17, 15) is 4.79 Å². The zero-order chi connectivity index (χ0) is 12.7. The molecule has 0 saturated carbocycles. The molecule has 1 aromatic rings. The number of unbranched alkanes of at least 4 members (excludes halogenated alkanes) is 3. The first kappa shape index (κ1) is 13.3. The molecule has 1 heterocycles. The van der Waals surface area contributed by atoms with E-state index in [1.165, 1.54) is 4.73 Å². The van der Waals surface area contributed by atoms with Gasteiger partial charge in [0.15, 0.2) is 5.69 Å². The van der Waals surface area contributed by atoms with Gasteiger partial charge in [-0.15, -0.1) is 0 Å². The van der Waals surface area contributed by atoms with Crippen LogP contribution in [0.4, 0.5) is 0 Å². The minimum Gasteiger partial charge on any atom is -0.336 e. The number of carbonyl (C=O) groups is 1. The van der Waals surface area contributed by atoms with Crippen molar-refractivity contribution in [2.45, 2.75) is 46.0 Å². The maximum atomic E-state index is 11.5. The van der Waals surface area contributed by atoms with Gasteiger partial charge in [0.2, 0.25) is 0 Å². The highest BCUT2D eigenvalue weighted by Gasteiger charge is 2.09. The van der Waals surface area contributed by atoms with Crippen LogP contribution < -0.4 is 4.84 Å². The molecule has 0 aliphatic rings. The van der Waals surface area contributed by atoms with Gasteiger partial charge in [0, 0.05) is 12.6 Å². The van der Waals surface area contributed by atoms with Gasteiger partial charge in [0.25, 0.3) is 0 Å². The monoisotopic (exact) mass is 234 g/mol. The summed E-state index contributed by atoms with van der Waals surface area (Å²) in [5.74, 6) is -0.284. The highest BCUT2D eigenvalue weighted by molar-refractivity contribution is 5.69. The standard InChI is InChI=1S/C13H18N2O2/c1-3-4-5-6-7-13(16)17-15-9-8-11(2)12(15)10-14/h8-9H,3-7H2,1-2H3. The van der Waals surface area contributed by atoms with Gasteiger partial charge in [0.05, 0.1) is 0 Å². The Bertz CT molecular complexity index is 416. The lowest BCUT2D eigenvalue weighted by Gasteiger charge is -2.05. The summed E-state index contributed by atoms with van der Waals surface area (Å²) in [5.41, 5.74) is 1.19. The number of nitrogens with zero attached hydrogens (tertiary/aromatic N) is 2. The lowest BCUT2D eigenvalue weighted by molar-refractivity contribution is -0.144. The summed E-state index contributed by atoms with van der Waals surface area (Å²) < 4.78 is 1.25. The number of hydrogen-bond donors (Lipinski definition) is 0. The van der Waals surface area contributed by atoms with Gasteiger partial charge in [-0.25, -0.2) is 4.79 Å². The fraction of sp³-hybridized carbons (Fsp3) is 0.538. The summed E-state index contributed by atoms with van der Waals surface area (Å²) in [7, 11) is 0. The molecule has 0 unspecified atom stereocenters. The Hall–Kier alpha value is -1.76. The summed E-state index contributed by atoms with van der Waals surface area (Å²) in [6, 6.07) is 3.76. The zero-order valence-corrected chi connectivity index (χ0v) is 10.4. The van der Waals surface area contributed by atoms with Crippen molar-refractivity contribution in [1.29, 1.82) is 5.26 Å². The Morgan fingerprint density at radius 1 is 1.47 bits per heavy atom. The average Bonchev–Trinajstić information content (AvgIpc) is 2.65. The molecule has 1 aromatic heterocycles. The molecule has 0 bridgehead atoms. The van der Waals surface area contributed by atoms with E-state index in [0.717, 1.165) is 31.2 Å². The fourth-order valence-corrected chi connectivity index (χ4v) is 1.57. The normalized spacial score (nSPS) is 9.94. The number of rotatable bonds is 6. The van der Waals surface area contributed by atoms with Gasteiger partial charge in [0.1, 0.15) is 6.07 Å². The lowest BCUT2D eigenvalue weighted by atomic mass is 10.2. The molecule has 0 aliphatic heterocycles. The molecule has 0 atom stereocenters. The molecule has 0 radical (unpaired) electrons. The Morgan fingerprint density at radius 2 is 2.24 bits per heavy atom. The van der Waals surface area contributed by atoms with Crippen molar-refractivity contribution in [2.24, 2.45) is 0 Å². The molecule has 0 N–H and O–H groups in total. The molecule has 0 spiro atoms. The van der Waals surface area contributed by atoms with E-state index in [0.29, 0.717) is 12.1 Å². The third-order valence-corrected chi connectivity index (χ3v) is 2.59. The molecular weight excluding hydrogens is 216 g/mol. The molecule has 0 aliphatic carbocycles. The van der Waals surface area contributed by atoms with Gasteiger partial charge in [-0.1, -0.05) is 26.2 Å². The maximum Gasteiger partial charge on any atom is 0.332 e. The van der Waals surface area contributed by atoms with Crippen molar-refractivity contribution in [3.05, 3.63) is 23.5 Å². The largest absolute Gasteiger partial charge is 0.336 e. The third-order valence-electron chi connectivity index (χ3n) is 2.59. The number of nitriles is 1. The van der Waals surface area contributed by atoms with Crippen LogP contribution in [-0.2, 0) is 4.79 Å². The first-order valence-corrected chi connectivity index (χ1v) is 5.98. The third kappa shape index (κ3) is 3.95.